The second-order valence-electron chi connectivity index (χ2n) is 4.83. The quantitative estimate of drug-likeness (QED) is 0.666. The van der Waals surface area contributed by atoms with E-state index >= 15 is 0 Å². The molecule has 0 bridgehead atoms. The van der Waals surface area contributed by atoms with E-state index in [0.717, 1.165) is 25.7 Å². The van der Waals surface area contributed by atoms with Crippen LogP contribution in [0.4, 0.5) is 0 Å². The Labute approximate surface area is 113 Å². The molecule has 1 aliphatic carbocycles. The second kappa shape index (κ2) is 6.52. The van der Waals surface area contributed by atoms with E-state index < -0.39 is 5.97 Å². The summed E-state index contributed by atoms with van der Waals surface area (Å²) in [6.07, 6.45) is 6.90. The van der Waals surface area contributed by atoms with Gasteiger partial charge in [-0.05, 0) is 25.3 Å². The number of hydrogen-bond acceptors (Lipinski definition) is 5. The van der Waals surface area contributed by atoms with Crippen molar-refractivity contribution in [3.05, 3.63) is 23.9 Å². The molecule has 104 valence electrons. The number of nitrogens with zero attached hydrogens (tertiary/aromatic N) is 1. The van der Waals surface area contributed by atoms with Gasteiger partial charge in [-0.25, -0.2) is 9.78 Å². The van der Waals surface area contributed by atoms with E-state index in [0.29, 0.717) is 11.4 Å². The largest absolute Gasteiger partial charge is 0.473 e. The van der Waals surface area contributed by atoms with Crippen molar-refractivity contribution in [1.29, 1.82) is 0 Å². The van der Waals surface area contributed by atoms with Gasteiger partial charge in [0.05, 0.1) is 12.7 Å². The van der Waals surface area contributed by atoms with E-state index in [9.17, 15) is 4.79 Å². The fourth-order valence-corrected chi connectivity index (χ4v) is 2.32. The van der Waals surface area contributed by atoms with Crippen molar-refractivity contribution in [2.75, 3.05) is 7.11 Å². The van der Waals surface area contributed by atoms with E-state index in [2.05, 4.69) is 9.72 Å². The predicted octanol–water partition coefficient (Wildman–Crippen LogP) is 1.91. The van der Waals surface area contributed by atoms with Crippen molar-refractivity contribution >= 4 is 5.97 Å². The first-order valence-corrected chi connectivity index (χ1v) is 6.67. The number of methoxy groups -OCH3 is 1. The maximum absolute atomic E-state index is 11.4. The lowest BCUT2D eigenvalue weighted by molar-refractivity contribution is 0.0599. The highest BCUT2D eigenvalue weighted by molar-refractivity contribution is 5.89. The molecule has 5 nitrogen and oxygen atoms in total. The minimum atomic E-state index is -0.391. The monoisotopic (exact) mass is 264 g/mol. The first-order chi connectivity index (χ1) is 9.20. The van der Waals surface area contributed by atoms with E-state index in [-0.39, 0.29) is 12.1 Å². The van der Waals surface area contributed by atoms with Gasteiger partial charge in [0.1, 0.15) is 6.10 Å². The number of ether oxygens (including phenoxy) is 2. The van der Waals surface area contributed by atoms with Crippen LogP contribution in [0.5, 0.6) is 5.88 Å². The average Bonchev–Trinajstić information content (AvgIpc) is 2.64. The molecule has 0 radical (unpaired) electrons. The molecule has 1 aromatic heterocycles. The number of carbonyl (C=O) groups is 1. The molecule has 0 amide bonds. The molecule has 1 heterocycles. The van der Waals surface area contributed by atoms with Crippen molar-refractivity contribution in [2.45, 2.75) is 44.2 Å². The topological polar surface area (TPSA) is 74.4 Å². The Hall–Kier alpha value is -1.62. The van der Waals surface area contributed by atoms with Crippen LogP contribution < -0.4 is 10.5 Å². The van der Waals surface area contributed by atoms with Gasteiger partial charge < -0.3 is 15.2 Å². The maximum atomic E-state index is 11.4. The number of hydrogen-bond donors (Lipinski definition) is 1. The van der Waals surface area contributed by atoms with Gasteiger partial charge in [-0.1, -0.05) is 12.8 Å². The Kier molecular flexibility index (Phi) is 4.74. The number of rotatable bonds is 3. The maximum Gasteiger partial charge on any atom is 0.338 e. The SMILES string of the molecule is COC(=O)c1ccnc(OC2CCCCCC2N)c1. The fourth-order valence-electron chi connectivity index (χ4n) is 2.32. The third-order valence-electron chi connectivity index (χ3n) is 3.43. The van der Waals surface area contributed by atoms with Gasteiger partial charge in [-0.15, -0.1) is 0 Å². The molecule has 0 spiro atoms. The van der Waals surface area contributed by atoms with Gasteiger partial charge >= 0.3 is 5.97 Å². The van der Waals surface area contributed by atoms with E-state index in [1.807, 2.05) is 0 Å². The summed E-state index contributed by atoms with van der Waals surface area (Å²) in [5.41, 5.74) is 6.55. The standard InChI is InChI=1S/C14H20N2O3/c1-18-14(17)10-7-8-16-13(9-10)19-12-6-4-2-3-5-11(12)15/h7-9,11-12H,2-6,15H2,1H3. The average molecular weight is 264 g/mol. The normalized spacial score (nSPS) is 23.5. The lowest BCUT2D eigenvalue weighted by Gasteiger charge is -2.22. The van der Waals surface area contributed by atoms with Crippen LogP contribution in [0.15, 0.2) is 18.3 Å². The molecule has 2 N–H and O–H groups in total. The Morgan fingerprint density at radius 1 is 1.37 bits per heavy atom. The summed E-state index contributed by atoms with van der Waals surface area (Å²) < 4.78 is 10.5. The van der Waals surface area contributed by atoms with E-state index in [4.69, 9.17) is 10.5 Å². The van der Waals surface area contributed by atoms with Gasteiger partial charge in [-0.2, -0.15) is 0 Å². The molecule has 1 fully saturated rings. The molecule has 0 aromatic carbocycles. The van der Waals surface area contributed by atoms with Crippen LogP contribution in [0, 0.1) is 0 Å². The molecule has 5 heteroatoms. The number of carbonyl (C=O) groups excluding carboxylic acids is 1. The van der Waals surface area contributed by atoms with Crippen LogP contribution in [0.3, 0.4) is 0 Å². The zero-order valence-electron chi connectivity index (χ0n) is 11.2. The van der Waals surface area contributed by atoms with Crippen LogP contribution in [-0.4, -0.2) is 30.2 Å². The first kappa shape index (κ1) is 13.8. The zero-order chi connectivity index (χ0) is 13.7. The summed E-state index contributed by atoms with van der Waals surface area (Å²) in [5.74, 6) is 0.0441. The predicted molar refractivity (Wildman–Crippen MR) is 71.1 cm³/mol. The lowest BCUT2D eigenvalue weighted by atomic mass is 10.1. The number of esters is 1. The molecule has 2 rings (SSSR count). The Morgan fingerprint density at radius 3 is 2.95 bits per heavy atom. The smallest absolute Gasteiger partial charge is 0.338 e. The molecule has 1 aliphatic rings. The van der Waals surface area contributed by atoms with Crippen molar-refractivity contribution in [1.82, 2.24) is 4.98 Å². The van der Waals surface area contributed by atoms with Crippen molar-refractivity contribution < 1.29 is 14.3 Å². The van der Waals surface area contributed by atoms with Crippen molar-refractivity contribution in [2.24, 2.45) is 5.73 Å². The lowest BCUT2D eigenvalue weighted by Crippen LogP contribution is -2.38. The fraction of sp³-hybridized carbons (Fsp3) is 0.571. The van der Waals surface area contributed by atoms with Gasteiger partial charge in [-0.3, -0.25) is 0 Å². The summed E-state index contributed by atoms with van der Waals surface area (Å²) in [7, 11) is 1.35. The molecule has 2 unspecified atom stereocenters. The minimum Gasteiger partial charge on any atom is -0.473 e. The molecule has 1 aromatic rings. The van der Waals surface area contributed by atoms with Crippen LogP contribution >= 0.6 is 0 Å². The summed E-state index contributed by atoms with van der Waals surface area (Å²) in [6.45, 7) is 0. The van der Waals surface area contributed by atoms with Crippen LogP contribution in [-0.2, 0) is 4.74 Å². The van der Waals surface area contributed by atoms with Crippen LogP contribution in [0.25, 0.3) is 0 Å². The third kappa shape index (κ3) is 3.67. The first-order valence-electron chi connectivity index (χ1n) is 6.67. The number of nitrogens with two attached hydrogens (primary N) is 1. The van der Waals surface area contributed by atoms with Gasteiger partial charge in [0.25, 0.3) is 0 Å². The van der Waals surface area contributed by atoms with Gasteiger partial charge in [0.2, 0.25) is 5.88 Å². The van der Waals surface area contributed by atoms with Gasteiger partial charge in [0.15, 0.2) is 0 Å². The highest BCUT2D eigenvalue weighted by Gasteiger charge is 2.22. The van der Waals surface area contributed by atoms with E-state index in [1.54, 1.807) is 18.3 Å². The summed E-state index contributed by atoms with van der Waals surface area (Å²) in [6, 6.07) is 3.24. The minimum absolute atomic E-state index is 0.0251. The Bertz CT molecular complexity index is 436. The molecule has 19 heavy (non-hydrogen) atoms. The zero-order valence-corrected chi connectivity index (χ0v) is 11.2. The molecular weight excluding hydrogens is 244 g/mol. The van der Waals surface area contributed by atoms with Crippen LogP contribution in [0.1, 0.15) is 42.5 Å². The van der Waals surface area contributed by atoms with E-state index in [1.165, 1.54) is 13.5 Å². The third-order valence-corrected chi connectivity index (χ3v) is 3.43. The highest BCUT2D eigenvalue weighted by Crippen LogP contribution is 2.21. The van der Waals surface area contributed by atoms with Crippen LogP contribution in [0.2, 0.25) is 0 Å². The molecule has 2 atom stereocenters. The number of pyridine rings is 1. The Balaban J connectivity index is 2.07. The van der Waals surface area contributed by atoms with Gasteiger partial charge in [0, 0.05) is 18.3 Å². The summed E-state index contributed by atoms with van der Waals surface area (Å²) >= 11 is 0. The number of aromatic nitrogens is 1. The Morgan fingerprint density at radius 2 is 2.16 bits per heavy atom. The molecule has 1 saturated carbocycles. The van der Waals surface area contributed by atoms with Crippen molar-refractivity contribution in [3.8, 4) is 5.88 Å². The summed E-state index contributed by atoms with van der Waals surface area (Å²) in [5, 5.41) is 0. The summed E-state index contributed by atoms with van der Waals surface area (Å²) in [4.78, 5) is 15.6. The molecule has 0 saturated heterocycles. The highest BCUT2D eigenvalue weighted by atomic mass is 16.5. The van der Waals surface area contributed by atoms with Crippen molar-refractivity contribution in [3.63, 3.8) is 0 Å². The molecule has 0 aliphatic heterocycles. The second-order valence-corrected chi connectivity index (χ2v) is 4.83. The molecular formula is C14H20N2O3.